The average Bonchev–Trinajstić information content (AvgIpc) is 3.21. The summed E-state index contributed by atoms with van der Waals surface area (Å²) in [6.07, 6.45) is 0. The molecule has 2 aromatic carbocycles. The van der Waals surface area contributed by atoms with Crippen molar-refractivity contribution >= 4 is 40.9 Å². The smallest absolute Gasteiger partial charge is 0.338 e. The molecule has 3 rings (SSSR count). The molecule has 0 spiro atoms. The van der Waals surface area contributed by atoms with Gasteiger partial charge in [-0.1, -0.05) is 23.4 Å². The van der Waals surface area contributed by atoms with Gasteiger partial charge in [0.15, 0.2) is 11.0 Å². The Morgan fingerprint density at radius 3 is 2.55 bits per heavy atom. The maximum atomic E-state index is 12.4. The van der Waals surface area contributed by atoms with E-state index in [9.17, 15) is 9.59 Å². The number of hydrogen-bond acceptors (Lipinski definition) is 7. The Hall–Kier alpha value is -3.04. The molecule has 1 amide bonds. The van der Waals surface area contributed by atoms with Crippen molar-refractivity contribution in [3.05, 3.63) is 64.4 Å². The van der Waals surface area contributed by atoms with Crippen LogP contribution in [-0.2, 0) is 22.7 Å². The van der Waals surface area contributed by atoms with Gasteiger partial charge in [0.2, 0.25) is 5.91 Å². The van der Waals surface area contributed by atoms with Crippen LogP contribution in [0.1, 0.15) is 35.6 Å². The van der Waals surface area contributed by atoms with E-state index in [0.29, 0.717) is 46.2 Å². The number of hydrogen-bond donors (Lipinski definition) is 1. The van der Waals surface area contributed by atoms with Crippen molar-refractivity contribution in [1.29, 1.82) is 0 Å². The average molecular weight is 489 g/mol. The van der Waals surface area contributed by atoms with E-state index in [1.54, 1.807) is 43.3 Å². The maximum absolute atomic E-state index is 12.4. The van der Waals surface area contributed by atoms with Crippen LogP contribution in [0.5, 0.6) is 5.75 Å². The van der Waals surface area contributed by atoms with Gasteiger partial charge in [-0.25, -0.2) is 4.79 Å². The molecule has 1 N–H and O–H groups in total. The van der Waals surface area contributed by atoms with E-state index in [1.165, 1.54) is 11.8 Å². The molecule has 0 radical (unpaired) electrons. The largest absolute Gasteiger partial charge is 0.486 e. The Morgan fingerprint density at radius 1 is 1.12 bits per heavy atom. The monoisotopic (exact) mass is 488 g/mol. The molecule has 0 saturated carbocycles. The number of thioether (sulfide) groups is 1. The Balaban J connectivity index is 1.54. The molecule has 0 atom stereocenters. The van der Waals surface area contributed by atoms with E-state index in [1.807, 2.05) is 24.5 Å². The summed E-state index contributed by atoms with van der Waals surface area (Å²) in [5.74, 6) is 0.946. The van der Waals surface area contributed by atoms with Crippen LogP contribution in [0, 0.1) is 6.92 Å². The number of halogens is 1. The number of aryl methyl sites for hydroxylation is 1. The first-order valence-electron chi connectivity index (χ1n) is 10.4. The third-order valence-electron chi connectivity index (χ3n) is 4.62. The molecule has 0 unspecified atom stereocenters. The fourth-order valence-corrected chi connectivity index (χ4v) is 3.88. The van der Waals surface area contributed by atoms with Crippen LogP contribution in [0.25, 0.3) is 0 Å². The standard InChI is InChI=1S/C23H25ClN4O4S/c1-4-28-20(13-32-18-10-11-19(24)15(3)12-18)26-27-23(28)33-14-21(29)25-17-8-6-16(7-9-17)22(30)31-5-2/h6-12H,4-5,13-14H2,1-3H3,(H,25,29). The fourth-order valence-electron chi connectivity index (χ4n) is 2.94. The van der Waals surface area contributed by atoms with Gasteiger partial charge in [0.1, 0.15) is 12.4 Å². The van der Waals surface area contributed by atoms with Crippen molar-refractivity contribution < 1.29 is 19.1 Å². The fraction of sp³-hybridized carbons (Fsp3) is 0.304. The summed E-state index contributed by atoms with van der Waals surface area (Å²) in [5, 5.41) is 12.5. The number of nitrogens with zero attached hydrogens (tertiary/aromatic N) is 3. The van der Waals surface area contributed by atoms with E-state index >= 15 is 0 Å². The molecule has 0 aliphatic rings. The Bertz CT molecular complexity index is 1120. The third kappa shape index (κ3) is 6.72. The van der Waals surface area contributed by atoms with Gasteiger partial charge >= 0.3 is 5.97 Å². The summed E-state index contributed by atoms with van der Waals surface area (Å²) in [6, 6.07) is 12.0. The topological polar surface area (TPSA) is 95.3 Å². The van der Waals surface area contributed by atoms with E-state index in [4.69, 9.17) is 21.1 Å². The number of amides is 1. The van der Waals surface area contributed by atoms with Crippen molar-refractivity contribution in [2.75, 3.05) is 17.7 Å². The highest BCUT2D eigenvalue weighted by atomic mass is 35.5. The first-order valence-corrected chi connectivity index (χ1v) is 11.8. The molecule has 1 heterocycles. The third-order valence-corrected chi connectivity index (χ3v) is 6.01. The normalized spacial score (nSPS) is 10.7. The molecule has 1 aromatic heterocycles. The minimum atomic E-state index is -0.393. The van der Waals surface area contributed by atoms with Crippen molar-refractivity contribution in [3.63, 3.8) is 0 Å². The van der Waals surface area contributed by atoms with Crippen LogP contribution in [0.3, 0.4) is 0 Å². The van der Waals surface area contributed by atoms with Crippen LogP contribution < -0.4 is 10.1 Å². The lowest BCUT2D eigenvalue weighted by atomic mass is 10.2. The second kappa shape index (κ2) is 11.7. The summed E-state index contributed by atoms with van der Waals surface area (Å²) >= 11 is 7.35. The second-order valence-electron chi connectivity index (χ2n) is 6.98. The van der Waals surface area contributed by atoms with Gasteiger partial charge in [-0.2, -0.15) is 0 Å². The van der Waals surface area contributed by atoms with Crippen molar-refractivity contribution in [1.82, 2.24) is 14.8 Å². The number of benzene rings is 2. The van der Waals surface area contributed by atoms with Gasteiger partial charge in [0.05, 0.1) is 17.9 Å². The molecular weight excluding hydrogens is 464 g/mol. The number of aromatic nitrogens is 3. The van der Waals surface area contributed by atoms with Gasteiger partial charge in [0.25, 0.3) is 0 Å². The number of nitrogens with one attached hydrogen (secondary N) is 1. The summed E-state index contributed by atoms with van der Waals surface area (Å²) in [6.45, 7) is 6.85. The number of esters is 1. The second-order valence-corrected chi connectivity index (χ2v) is 8.33. The molecule has 33 heavy (non-hydrogen) atoms. The number of carbonyl (C=O) groups is 2. The first kappa shape index (κ1) is 24.6. The Labute approximate surface area is 201 Å². The highest BCUT2D eigenvalue weighted by Crippen LogP contribution is 2.23. The van der Waals surface area contributed by atoms with Crippen molar-refractivity contribution in [3.8, 4) is 5.75 Å². The lowest BCUT2D eigenvalue weighted by molar-refractivity contribution is -0.113. The number of rotatable bonds is 10. The van der Waals surface area contributed by atoms with E-state index < -0.39 is 5.97 Å². The molecular formula is C23H25ClN4O4S. The molecule has 0 fully saturated rings. The zero-order valence-corrected chi connectivity index (χ0v) is 20.2. The predicted octanol–water partition coefficient (Wildman–Crippen LogP) is 4.75. The van der Waals surface area contributed by atoms with Crippen LogP contribution in [0.4, 0.5) is 5.69 Å². The highest BCUT2D eigenvalue weighted by molar-refractivity contribution is 7.99. The lowest BCUT2D eigenvalue weighted by Gasteiger charge is -2.10. The molecule has 0 aliphatic carbocycles. The Kier molecular flexibility index (Phi) is 8.73. The molecule has 0 saturated heterocycles. The number of carbonyl (C=O) groups excluding carboxylic acids is 2. The van der Waals surface area contributed by atoms with E-state index in [0.717, 1.165) is 5.56 Å². The number of anilines is 1. The van der Waals surface area contributed by atoms with Crippen molar-refractivity contribution in [2.24, 2.45) is 0 Å². The minimum absolute atomic E-state index is 0.162. The quantitative estimate of drug-likeness (QED) is 0.325. The lowest BCUT2D eigenvalue weighted by Crippen LogP contribution is -2.15. The van der Waals surface area contributed by atoms with Crippen molar-refractivity contribution in [2.45, 2.75) is 39.1 Å². The molecule has 174 valence electrons. The summed E-state index contributed by atoms with van der Waals surface area (Å²) in [7, 11) is 0. The highest BCUT2D eigenvalue weighted by Gasteiger charge is 2.14. The summed E-state index contributed by atoms with van der Waals surface area (Å²) in [5.41, 5.74) is 1.96. The Morgan fingerprint density at radius 2 is 1.88 bits per heavy atom. The zero-order valence-electron chi connectivity index (χ0n) is 18.6. The van der Waals surface area contributed by atoms with Gasteiger partial charge in [-0.15, -0.1) is 10.2 Å². The van der Waals surface area contributed by atoms with Crippen LogP contribution in [0.15, 0.2) is 47.6 Å². The van der Waals surface area contributed by atoms with Crippen LogP contribution >= 0.6 is 23.4 Å². The van der Waals surface area contributed by atoms with Gasteiger partial charge in [-0.3, -0.25) is 4.79 Å². The van der Waals surface area contributed by atoms with Gasteiger partial charge in [-0.05, 0) is 68.8 Å². The van der Waals surface area contributed by atoms with E-state index in [2.05, 4.69) is 15.5 Å². The predicted molar refractivity (Wildman–Crippen MR) is 128 cm³/mol. The summed E-state index contributed by atoms with van der Waals surface area (Å²) in [4.78, 5) is 24.1. The molecule has 10 heteroatoms. The first-order chi connectivity index (χ1) is 15.9. The van der Waals surface area contributed by atoms with E-state index in [-0.39, 0.29) is 18.3 Å². The maximum Gasteiger partial charge on any atom is 0.338 e. The van der Waals surface area contributed by atoms with Crippen LogP contribution in [-0.4, -0.2) is 39.0 Å². The molecule has 8 nitrogen and oxygen atoms in total. The SMILES string of the molecule is CCOC(=O)c1ccc(NC(=O)CSc2nnc(COc3ccc(Cl)c(C)c3)n2CC)cc1. The van der Waals surface area contributed by atoms with Gasteiger partial charge in [0, 0.05) is 17.3 Å². The number of ether oxygens (including phenoxy) is 2. The van der Waals surface area contributed by atoms with Gasteiger partial charge < -0.3 is 19.4 Å². The minimum Gasteiger partial charge on any atom is -0.486 e. The molecule has 0 aliphatic heterocycles. The molecule has 3 aromatic rings. The summed E-state index contributed by atoms with van der Waals surface area (Å²) < 4.78 is 12.7. The van der Waals surface area contributed by atoms with Crippen LogP contribution in [0.2, 0.25) is 5.02 Å². The zero-order chi connectivity index (χ0) is 23.8. The molecule has 0 bridgehead atoms.